The van der Waals surface area contributed by atoms with Crippen molar-refractivity contribution in [2.45, 2.75) is 68.8 Å². The molecule has 4 aliphatic rings. The van der Waals surface area contributed by atoms with Gasteiger partial charge in [0.15, 0.2) is 0 Å². The van der Waals surface area contributed by atoms with Gasteiger partial charge in [0, 0.05) is 29.2 Å². The fraction of sp³-hybridized carbons (Fsp3) is 0.478. The van der Waals surface area contributed by atoms with Gasteiger partial charge in [0.1, 0.15) is 5.76 Å². The predicted octanol–water partition coefficient (Wildman–Crippen LogP) is 3.84. The topological polar surface area (TPSA) is 121 Å². The highest BCUT2D eigenvalue weighted by atomic mass is 32.2. The van der Waals surface area contributed by atoms with Gasteiger partial charge in [0.2, 0.25) is 5.09 Å². The van der Waals surface area contributed by atoms with E-state index < -0.39 is 16.1 Å². The largest absolute Gasteiger partial charge is 0.447 e. The van der Waals surface area contributed by atoms with E-state index in [0.717, 1.165) is 74.6 Å². The maximum absolute atomic E-state index is 13.0. The van der Waals surface area contributed by atoms with Crippen LogP contribution in [0.2, 0.25) is 0 Å². The highest BCUT2D eigenvalue weighted by Crippen LogP contribution is 2.47. The zero-order valence-electron chi connectivity index (χ0n) is 17.6. The zero-order valence-corrected chi connectivity index (χ0v) is 18.4. The molecule has 168 valence electrons. The first-order valence-electron chi connectivity index (χ1n) is 11.3. The van der Waals surface area contributed by atoms with Crippen molar-refractivity contribution in [3.05, 3.63) is 45.7 Å². The van der Waals surface area contributed by atoms with Crippen LogP contribution in [0.15, 0.2) is 26.8 Å². The second kappa shape index (κ2) is 7.10. The van der Waals surface area contributed by atoms with E-state index in [0.29, 0.717) is 17.0 Å². The first kappa shape index (κ1) is 19.8. The fourth-order valence-electron chi connectivity index (χ4n) is 6.12. The van der Waals surface area contributed by atoms with Crippen LogP contribution in [0.3, 0.4) is 0 Å². The number of nitrogens with one attached hydrogen (secondary N) is 2. The Balaban J connectivity index is 1.27. The molecule has 2 aromatic rings. The monoisotopic (exact) mass is 455 g/mol. The molecule has 2 amide bonds. The summed E-state index contributed by atoms with van der Waals surface area (Å²) in [5.41, 5.74) is 6.57. The standard InChI is InChI=1S/C23H25N3O5S/c27-23(24-21-16-5-1-3-12(16)9-13-4-2-6-17(13)21)26-32(29,30)19-11-18-20(25-28)14-7-8-15(10-14)22(18)31-19/h9,11,14-15,28H,1-8,10H2,(H2,24,26,27). The molecule has 1 fully saturated rings. The van der Waals surface area contributed by atoms with Crippen molar-refractivity contribution >= 4 is 27.5 Å². The van der Waals surface area contributed by atoms with Crippen LogP contribution in [0.5, 0.6) is 0 Å². The van der Waals surface area contributed by atoms with Gasteiger partial charge in [-0.25, -0.2) is 9.52 Å². The molecule has 1 aromatic carbocycles. The SMILES string of the molecule is O=C(Nc1c2c(cc3c1CCC3)CCC2)NS(=O)(=O)c1cc2c(o1)C1CCC(C1)C2=NO. The van der Waals surface area contributed by atoms with E-state index in [2.05, 4.69) is 21.3 Å². The third kappa shape index (κ3) is 2.97. The Morgan fingerprint density at radius 1 is 1.03 bits per heavy atom. The van der Waals surface area contributed by atoms with Crippen LogP contribution in [-0.4, -0.2) is 25.4 Å². The van der Waals surface area contributed by atoms with Crippen molar-refractivity contribution in [3.8, 4) is 0 Å². The van der Waals surface area contributed by atoms with Crippen LogP contribution in [-0.2, 0) is 35.7 Å². The summed E-state index contributed by atoms with van der Waals surface area (Å²) in [5.74, 6) is 0.767. The van der Waals surface area contributed by atoms with Crippen LogP contribution in [0.1, 0.15) is 71.6 Å². The molecule has 0 aliphatic heterocycles. The summed E-state index contributed by atoms with van der Waals surface area (Å²) in [4.78, 5) is 12.8. The molecule has 0 saturated heterocycles. The van der Waals surface area contributed by atoms with Gasteiger partial charge in [-0.1, -0.05) is 11.2 Å². The molecule has 2 bridgehead atoms. The van der Waals surface area contributed by atoms with Crippen LogP contribution in [0.25, 0.3) is 0 Å². The van der Waals surface area contributed by atoms with Gasteiger partial charge in [-0.3, -0.25) is 0 Å². The van der Waals surface area contributed by atoms with Gasteiger partial charge in [-0.05, 0) is 80.0 Å². The van der Waals surface area contributed by atoms with Gasteiger partial charge >= 0.3 is 6.03 Å². The molecule has 0 radical (unpaired) electrons. The highest BCUT2D eigenvalue weighted by molar-refractivity contribution is 7.89. The van der Waals surface area contributed by atoms with Crippen molar-refractivity contribution in [1.29, 1.82) is 0 Å². The van der Waals surface area contributed by atoms with E-state index in [4.69, 9.17) is 4.42 Å². The predicted molar refractivity (Wildman–Crippen MR) is 117 cm³/mol. The number of fused-ring (bicyclic) bond motifs is 6. The summed E-state index contributed by atoms with van der Waals surface area (Å²) in [7, 11) is -4.22. The zero-order chi connectivity index (χ0) is 22.0. The van der Waals surface area contributed by atoms with Crippen LogP contribution in [0, 0.1) is 5.92 Å². The number of oxime groups is 1. The van der Waals surface area contributed by atoms with E-state index in [-0.39, 0.29) is 16.9 Å². The fourth-order valence-corrected chi connectivity index (χ4v) is 6.99. The Bertz CT molecular complexity index is 1240. The number of nitrogens with zero attached hydrogens (tertiary/aromatic N) is 1. The van der Waals surface area contributed by atoms with Crippen molar-refractivity contribution in [3.63, 3.8) is 0 Å². The number of amides is 2. The summed E-state index contributed by atoms with van der Waals surface area (Å²) in [6.45, 7) is 0. The number of carbonyl (C=O) groups is 1. The third-order valence-corrected chi connectivity index (χ3v) is 8.70. The van der Waals surface area contributed by atoms with E-state index in [1.165, 1.54) is 17.2 Å². The minimum Gasteiger partial charge on any atom is -0.447 e. The molecule has 9 heteroatoms. The van der Waals surface area contributed by atoms with E-state index in [1.54, 1.807) is 0 Å². The first-order chi connectivity index (χ1) is 15.4. The Morgan fingerprint density at radius 3 is 2.41 bits per heavy atom. The van der Waals surface area contributed by atoms with Gasteiger partial charge in [0.05, 0.1) is 5.71 Å². The lowest BCUT2D eigenvalue weighted by Crippen LogP contribution is -2.34. The number of sulfonamides is 1. The average Bonchev–Trinajstić information content (AvgIpc) is 3.54. The van der Waals surface area contributed by atoms with Gasteiger partial charge in [-0.2, -0.15) is 8.42 Å². The van der Waals surface area contributed by atoms with Crippen molar-refractivity contribution < 1.29 is 22.8 Å². The maximum atomic E-state index is 13.0. The van der Waals surface area contributed by atoms with E-state index in [1.807, 2.05) is 0 Å². The number of anilines is 1. The minimum absolute atomic E-state index is 0.115. The lowest BCUT2D eigenvalue weighted by Gasteiger charge is -2.18. The lowest BCUT2D eigenvalue weighted by atomic mass is 9.86. The highest BCUT2D eigenvalue weighted by Gasteiger charge is 2.42. The molecule has 2 unspecified atom stereocenters. The van der Waals surface area contributed by atoms with Crippen LogP contribution >= 0.6 is 0 Å². The summed E-state index contributed by atoms with van der Waals surface area (Å²) < 4.78 is 33.7. The van der Waals surface area contributed by atoms with Crippen molar-refractivity contribution in [2.75, 3.05) is 5.32 Å². The third-order valence-electron chi connectivity index (χ3n) is 7.52. The molecular weight excluding hydrogens is 430 g/mol. The number of hydrogen-bond donors (Lipinski definition) is 3. The number of furan rings is 1. The van der Waals surface area contributed by atoms with Gasteiger partial charge in [0.25, 0.3) is 10.0 Å². The number of carbonyl (C=O) groups excluding carboxylic acids is 1. The molecule has 6 rings (SSSR count). The normalized spacial score (nSPS) is 24.3. The number of hydrogen-bond acceptors (Lipinski definition) is 6. The van der Waals surface area contributed by atoms with Crippen molar-refractivity contribution in [1.82, 2.24) is 4.72 Å². The molecule has 32 heavy (non-hydrogen) atoms. The first-order valence-corrected chi connectivity index (χ1v) is 12.8. The molecule has 1 heterocycles. The van der Waals surface area contributed by atoms with Crippen LogP contribution < -0.4 is 10.0 Å². The number of benzene rings is 1. The summed E-state index contributed by atoms with van der Waals surface area (Å²) in [6.07, 6.45) is 8.40. The molecule has 3 N–H and O–H groups in total. The number of aryl methyl sites for hydroxylation is 2. The Labute approximate surface area is 186 Å². The summed E-state index contributed by atoms with van der Waals surface area (Å²) >= 11 is 0. The summed E-state index contributed by atoms with van der Waals surface area (Å²) in [5, 5.41) is 15.4. The Hall–Kier alpha value is -2.81. The average molecular weight is 456 g/mol. The molecule has 8 nitrogen and oxygen atoms in total. The quantitative estimate of drug-likeness (QED) is 0.480. The molecule has 4 aliphatic carbocycles. The smallest absolute Gasteiger partial charge is 0.333 e. The molecule has 1 saturated carbocycles. The van der Waals surface area contributed by atoms with E-state index in [9.17, 15) is 18.4 Å². The molecular formula is C23H25N3O5S. The second-order valence-corrected chi connectivity index (χ2v) is 10.9. The molecule has 2 atom stereocenters. The van der Waals surface area contributed by atoms with E-state index >= 15 is 0 Å². The molecule has 0 spiro atoms. The van der Waals surface area contributed by atoms with Crippen LogP contribution in [0.4, 0.5) is 10.5 Å². The second-order valence-electron chi connectivity index (χ2n) is 9.33. The Morgan fingerprint density at radius 2 is 1.72 bits per heavy atom. The maximum Gasteiger partial charge on any atom is 0.333 e. The van der Waals surface area contributed by atoms with Gasteiger partial charge in [-0.15, -0.1) is 0 Å². The number of rotatable bonds is 3. The number of urea groups is 1. The van der Waals surface area contributed by atoms with Crippen molar-refractivity contribution in [2.24, 2.45) is 11.1 Å². The Kier molecular flexibility index (Phi) is 4.40. The molecule has 1 aromatic heterocycles. The minimum atomic E-state index is -4.22. The van der Waals surface area contributed by atoms with Gasteiger partial charge < -0.3 is 14.9 Å². The summed E-state index contributed by atoms with van der Waals surface area (Å²) in [6, 6.07) is 2.85. The lowest BCUT2D eigenvalue weighted by molar-refractivity contribution is 0.256.